The molecule has 0 aliphatic carbocycles. The first kappa shape index (κ1) is 25.1. The summed E-state index contributed by atoms with van der Waals surface area (Å²) in [5.41, 5.74) is -0.902. The number of halogens is 2. The van der Waals surface area contributed by atoms with Crippen molar-refractivity contribution in [2.75, 3.05) is 19.7 Å². The lowest BCUT2D eigenvalue weighted by atomic mass is 9.92. The number of piperidine rings is 1. The minimum absolute atomic E-state index is 0.00613. The van der Waals surface area contributed by atoms with Crippen LogP contribution in [0.5, 0.6) is 0 Å². The predicted molar refractivity (Wildman–Crippen MR) is 115 cm³/mol. The molecule has 1 aliphatic rings. The van der Waals surface area contributed by atoms with Crippen LogP contribution in [0.1, 0.15) is 44.6 Å². The van der Waals surface area contributed by atoms with Gasteiger partial charge in [-0.15, -0.1) is 5.10 Å². The number of nitrogens with zero attached hydrogens (tertiary/aromatic N) is 4. The SMILES string of the molecule is CCOC(=O)[C@@H]1CN(C(=O)OC(C)(C)C)CC[C@@H]1NC(=O)c1cn(-c2ccc(F)cc2F)nn1. The van der Waals surface area contributed by atoms with Crippen LogP contribution in [-0.4, -0.2) is 69.2 Å². The highest BCUT2D eigenvalue weighted by Gasteiger charge is 2.39. The van der Waals surface area contributed by atoms with Gasteiger partial charge in [0.1, 0.15) is 17.1 Å². The van der Waals surface area contributed by atoms with Gasteiger partial charge in [0.25, 0.3) is 5.91 Å². The highest BCUT2D eigenvalue weighted by atomic mass is 19.1. The van der Waals surface area contributed by atoms with Crippen LogP contribution in [-0.2, 0) is 14.3 Å². The maximum atomic E-state index is 14.0. The van der Waals surface area contributed by atoms with Crippen LogP contribution in [0.3, 0.4) is 0 Å². The Morgan fingerprint density at radius 1 is 1.24 bits per heavy atom. The Morgan fingerprint density at radius 3 is 2.62 bits per heavy atom. The molecule has 0 radical (unpaired) electrons. The summed E-state index contributed by atoms with van der Waals surface area (Å²) in [6.45, 7) is 7.28. The van der Waals surface area contributed by atoms with Gasteiger partial charge in [0.05, 0.1) is 18.7 Å². The first-order valence-corrected chi connectivity index (χ1v) is 10.8. The second kappa shape index (κ2) is 10.1. The smallest absolute Gasteiger partial charge is 0.410 e. The standard InChI is InChI=1S/C22H27F2N5O5/c1-5-33-20(31)14-11-28(21(32)34-22(2,3)4)9-8-16(14)25-19(30)17-12-29(27-26-17)18-7-6-13(23)10-15(18)24/h6-7,10,12,14,16H,5,8-9,11H2,1-4H3,(H,25,30)/t14-,16+/m1/s1. The van der Waals surface area contributed by atoms with Gasteiger partial charge in [-0.2, -0.15) is 0 Å². The number of aromatic nitrogens is 3. The molecule has 1 saturated heterocycles. The van der Waals surface area contributed by atoms with Crippen LogP contribution in [0.4, 0.5) is 13.6 Å². The molecule has 2 amide bonds. The van der Waals surface area contributed by atoms with Crippen LogP contribution in [0.2, 0.25) is 0 Å². The number of nitrogens with one attached hydrogen (secondary N) is 1. The van der Waals surface area contributed by atoms with Gasteiger partial charge in [-0.1, -0.05) is 5.21 Å². The van der Waals surface area contributed by atoms with Crippen molar-refractivity contribution >= 4 is 18.0 Å². The highest BCUT2D eigenvalue weighted by Crippen LogP contribution is 2.22. The molecular weight excluding hydrogens is 452 g/mol. The van der Waals surface area contributed by atoms with Crippen molar-refractivity contribution in [3.8, 4) is 5.69 Å². The molecule has 1 N–H and O–H groups in total. The van der Waals surface area contributed by atoms with E-state index in [4.69, 9.17) is 9.47 Å². The van der Waals surface area contributed by atoms with Crippen LogP contribution in [0.25, 0.3) is 5.69 Å². The maximum absolute atomic E-state index is 14.0. The number of esters is 1. The molecule has 0 bridgehead atoms. The quantitative estimate of drug-likeness (QED) is 0.655. The average Bonchev–Trinajstić information content (AvgIpc) is 3.23. The fourth-order valence-electron chi connectivity index (χ4n) is 3.50. The van der Waals surface area contributed by atoms with Crippen molar-refractivity contribution < 1.29 is 32.6 Å². The monoisotopic (exact) mass is 479 g/mol. The lowest BCUT2D eigenvalue weighted by Crippen LogP contribution is -2.55. The molecule has 1 aromatic heterocycles. The molecular formula is C22H27F2N5O5. The van der Waals surface area contributed by atoms with Gasteiger partial charge in [-0.3, -0.25) is 9.59 Å². The summed E-state index contributed by atoms with van der Waals surface area (Å²) in [6, 6.07) is 2.28. The number of hydrogen-bond acceptors (Lipinski definition) is 7. The zero-order valence-electron chi connectivity index (χ0n) is 19.4. The molecule has 0 unspecified atom stereocenters. The summed E-state index contributed by atoms with van der Waals surface area (Å²) in [4.78, 5) is 39.2. The summed E-state index contributed by atoms with van der Waals surface area (Å²) in [7, 11) is 0. The molecule has 1 aromatic carbocycles. The van der Waals surface area contributed by atoms with Gasteiger partial charge in [0, 0.05) is 25.2 Å². The summed E-state index contributed by atoms with van der Waals surface area (Å²) < 4.78 is 38.7. The average molecular weight is 479 g/mol. The summed E-state index contributed by atoms with van der Waals surface area (Å²) >= 11 is 0. The molecule has 184 valence electrons. The van der Waals surface area contributed by atoms with E-state index in [0.717, 1.165) is 10.7 Å². The molecule has 2 heterocycles. The van der Waals surface area contributed by atoms with E-state index >= 15 is 0 Å². The summed E-state index contributed by atoms with van der Waals surface area (Å²) in [6.07, 6.45) is 0.909. The Bertz CT molecular complexity index is 1070. The number of likely N-dealkylation sites (tertiary alicyclic amines) is 1. The Kier molecular flexibility index (Phi) is 7.48. The van der Waals surface area contributed by atoms with Crippen LogP contribution >= 0.6 is 0 Å². The molecule has 10 nitrogen and oxygen atoms in total. The van der Waals surface area contributed by atoms with Gasteiger partial charge < -0.3 is 19.7 Å². The van der Waals surface area contributed by atoms with E-state index in [-0.39, 0.29) is 37.5 Å². The van der Waals surface area contributed by atoms with Crippen molar-refractivity contribution in [1.82, 2.24) is 25.2 Å². The number of carbonyl (C=O) groups excluding carboxylic acids is 3. The van der Waals surface area contributed by atoms with Crippen LogP contribution < -0.4 is 5.32 Å². The number of amides is 2. The Labute approximate surface area is 195 Å². The van der Waals surface area contributed by atoms with Crippen molar-refractivity contribution in [2.24, 2.45) is 5.92 Å². The van der Waals surface area contributed by atoms with Crippen molar-refractivity contribution in [3.05, 3.63) is 41.7 Å². The number of carbonyl (C=O) groups is 3. The topological polar surface area (TPSA) is 116 Å². The zero-order chi connectivity index (χ0) is 25.0. The fraction of sp³-hybridized carbons (Fsp3) is 0.500. The van der Waals surface area contributed by atoms with Crippen molar-refractivity contribution in [2.45, 2.75) is 45.8 Å². The largest absolute Gasteiger partial charge is 0.466 e. The maximum Gasteiger partial charge on any atom is 0.410 e. The van der Waals surface area contributed by atoms with E-state index in [0.29, 0.717) is 6.07 Å². The van der Waals surface area contributed by atoms with Crippen LogP contribution in [0, 0.1) is 17.6 Å². The third-order valence-corrected chi connectivity index (χ3v) is 5.05. The minimum Gasteiger partial charge on any atom is -0.466 e. The molecule has 0 spiro atoms. The van der Waals surface area contributed by atoms with E-state index in [1.54, 1.807) is 27.7 Å². The van der Waals surface area contributed by atoms with E-state index < -0.39 is 47.2 Å². The number of ether oxygens (including phenoxy) is 2. The lowest BCUT2D eigenvalue weighted by molar-refractivity contribution is -0.150. The molecule has 2 aromatic rings. The minimum atomic E-state index is -0.867. The van der Waals surface area contributed by atoms with Gasteiger partial charge >= 0.3 is 12.1 Å². The molecule has 2 atom stereocenters. The number of benzene rings is 1. The first-order valence-electron chi connectivity index (χ1n) is 10.8. The molecule has 34 heavy (non-hydrogen) atoms. The van der Waals surface area contributed by atoms with Gasteiger partial charge in [0.15, 0.2) is 11.5 Å². The first-order chi connectivity index (χ1) is 16.0. The second-order valence-electron chi connectivity index (χ2n) is 8.80. The number of hydrogen-bond donors (Lipinski definition) is 1. The normalized spacial score (nSPS) is 18.4. The van der Waals surface area contributed by atoms with E-state index in [1.807, 2.05) is 0 Å². The number of rotatable bonds is 5. The van der Waals surface area contributed by atoms with Gasteiger partial charge in [-0.05, 0) is 46.2 Å². The lowest BCUT2D eigenvalue weighted by Gasteiger charge is -2.37. The summed E-state index contributed by atoms with van der Waals surface area (Å²) in [5, 5.41) is 10.2. The molecule has 1 fully saturated rings. The van der Waals surface area contributed by atoms with Crippen LogP contribution in [0.15, 0.2) is 24.4 Å². The molecule has 3 rings (SSSR count). The molecule has 1 aliphatic heterocycles. The second-order valence-corrected chi connectivity index (χ2v) is 8.80. The fourth-order valence-corrected chi connectivity index (χ4v) is 3.50. The summed E-state index contributed by atoms with van der Waals surface area (Å²) in [5.74, 6) is -3.64. The van der Waals surface area contributed by atoms with E-state index in [9.17, 15) is 23.2 Å². The Hall–Kier alpha value is -3.57. The molecule has 0 saturated carbocycles. The third-order valence-electron chi connectivity index (χ3n) is 5.05. The van der Waals surface area contributed by atoms with Crippen molar-refractivity contribution in [3.63, 3.8) is 0 Å². The van der Waals surface area contributed by atoms with Gasteiger partial charge in [0.2, 0.25) is 0 Å². The van der Waals surface area contributed by atoms with E-state index in [2.05, 4.69) is 15.6 Å². The van der Waals surface area contributed by atoms with E-state index in [1.165, 1.54) is 17.2 Å². The Balaban J connectivity index is 1.73. The highest BCUT2D eigenvalue weighted by molar-refractivity contribution is 5.92. The zero-order valence-corrected chi connectivity index (χ0v) is 19.4. The molecule has 12 heteroatoms. The predicted octanol–water partition coefficient (Wildman–Crippen LogP) is 2.46. The van der Waals surface area contributed by atoms with Gasteiger partial charge in [-0.25, -0.2) is 18.3 Å². The van der Waals surface area contributed by atoms with Crippen molar-refractivity contribution in [1.29, 1.82) is 0 Å². The Morgan fingerprint density at radius 2 is 1.97 bits per heavy atom. The third kappa shape index (κ3) is 6.06.